The maximum absolute atomic E-state index is 12.9. The Labute approximate surface area is 173 Å². The van der Waals surface area contributed by atoms with Crippen LogP contribution in [0.3, 0.4) is 0 Å². The average Bonchev–Trinajstić information content (AvgIpc) is 3.23. The van der Waals surface area contributed by atoms with Gasteiger partial charge in [-0.3, -0.25) is 9.69 Å². The minimum absolute atomic E-state index is 0. The van der Waals surface area contributed by atoms with Crippen LogP contribution in [0.1, 0.15) is 42.6 Å². The molecule has 7 nitrogen and oxygen atoms in total. The molecule has 0 bridgehead atoms. The summed E-state index contributed by atoms with van der Waals surface area (Å²) in [6, 6.07) is 3.40. The van der Waals surface area contributed by atoms with E-state index in [9.17, 15) is 13.2 Å². The van der Waals surface area contributed by atoms with Crippen LogP contribution in [0.25, 0.3) is 0 Å². The van der Waals surface area contributed by atoms with Crippen LogP contribution in [0.2, 0.25) is 0 Å². The Morgan fingerprint density at radius 1 is 1.36 bits per heavy atom. The van der Waals surface area contributed by atoms with Crippen LogP contribution >= 0.6 is 12.4 Å². The van der Waals surface area contributed by atoms with Gasteiger partial charge < -0.3 is 10.1 Å². The molecule has 2 unspecified atom stereocenters. The lowest BCUT2D eigenvalue weighted by atomic mass is 10.1. The van der Waals surface area contributed by atoms with Crippen LogP contribution in [0.15, 0.2) is 17.0 Å². The Bertz CT molecular complexity index is 829. The topological polar surface area (TPSA) is 79.0 Å². The predicted octanol–water partition coefficient (Wildman–Crippen LogP) is 1.90. The van der Waals surface area contributed by atoms with Crippen molar-refractivity contribution in [2.75, 3.05) is 33.7 Å². The fraction of sp³-hybridized carbons (Fsp3) is 0.632. The van der Waals surface area contributed by atoms with Gasteiger partial charge >= 0.3 is 0 Å². The smallest absolute Gasteiger partial charge is 0.255 e. The molecule has 2 aliphatic rings. The van der Waals surface area contributed by atoms with Crippen LogP contribution in [0.4, 0.5) is 0 Å². The van der Waals surface area contributed by atoms with Crippen molar-refractivity contribution in [2.45, 2.75) is 50.2 Å². The number of hydrogen-bond acceptors (Lipinski definition) is 5. The lowest BCUT2D eigenvalue weighted by Gasteiger charge is -2.23. The quantitative estimate of drug-likeness (QED) is 0.744. The second-order valence-electron chi connectivity index (χ2n) is 7.51. The molecular weight excluding hydrogens is 402 g/mol. The molecule has 2 atom stereocenters. The lowest BCUT2D eigenvalue weighted by molar-refractivity contribution is 0.0936. The van der Waals surface area contributed by atoms with Crippen LogP contribution in [0, 0.1) is 0 Å². The molecule has 158 valence electrons. The van der Waals surface area contributed by atoms with E-state index in [0.29, 0.717) is 30.3 Å². The third-order valence-electron chi connectivity index (χ3n) is 5.39. The number of likely N-dealkylation sites (tertiary alicyclic amines) is 1. The molecular formula is C19H30ClN3O4S. The molecule has 2 aliphatic heterocycles. The van der Waals surface area contributed by atoms with Gasteiger partial charge in [-0.2, -0.15) is 0 Å². The van der Waals surface area contributed by atoms with Gasteiger partial charge in [0, 0.05) is 33.1 Å². The number of likely N-dealkylation sites (N-methyl/N-ethyl adjacent to an activating group) is 1. The number of nitrogens with one attached hydrogen (secondary N) is 1. The van der Waals surface area contributed by atoms with E-state index in [4.69, 9.17) is 4.74 Å². The molecule has 3 rings (SSSR count). The molecule has 0 aromatic heterocycles. The number of carbonyl (C=O) groups is 1. The van der Waals surface area contributed by atoms with Gasteiger partial charge in [0.2, 0.25) is 10.0 Å². The zero-order valence-corrected chi connectivity index (χ0v) is 18.5. The van der Waals surface area contributed by atoms with Crippen LogP contribution in [-0.2, 0) is 16.4 Å². The first-order chi connectivity index (χ1) is 12.7. The molecule has 0 spiro atoms. The van der Waals surface area contributed by atoms with Crippen molar-refractivity contribution in [2.24, 2.45) is 0 Å². The van der Waals surface area contributed by atoms with Crippen molar-refractivity contribution in [3.63, 3.8) is 0 Å². The van der Waals surface area contributed by atoms with E-state index >= 15 is 0 Å². The number of carbonyl (C=O) groups excluding carboxylic acids is 1. The highest BCUT2D eigenvalue weighted by Crippen LogP contribution is 2.35. The summed E-state index contributed by atoms with van der Waals surface area (Å²) in [5.41, 5.74) is 1.07. The summed E-state index contributed by atoms with van der Waals surface area (Å²) < 4.78 is 32.1. The third kappa shape index (κ3) is 4.45. The van der Waals surface area contributed by atoms with Crippen molar-refractivity contribution in [1.29, 1.82) is 0 Å². The monoisotopic (exact) mass is 431 g/mol. The number of amides is 1. The zero-order chi connectivity index (χ0) is 19.8. The molecule has 28 heavy (non-hydrogen) atoms. The molecule has 1 saturated heterocycles. The van der Waals surface area contributed by atoms with Gasteiger partial charge in [-0.15, -0.1) is 12.4 Å². The van der Waals surface area contributed by atoms with Crippen LogP contribution < -0.4 is 10.1 Å². The summed E-state index contributed by atoms with van der Waals surface area (Å²) in [5, 5.41) is 2.99. The predicted molar refractivity (Wildman–Crippen MR) is 111 cm³/mol. The SMILES string of the molecule is CCN1CCCC1CNC(=O)c1cc(S(=O)(=O)N(C)C)cc2c1OC(C)C2.Cl. The highest BCUT2D eigenvalue weighted by atomic mass is 35.5. The largest absolute Gasteiger partial charge is 0.489 e. The van der Waals surface area contributed by atoms with Gasteiger partial charge in [-0.05, 0) is 50.6 Å². The molecule has 0 radical (unpaired) electrons. The Morgan fingerprint density at radius 2 is 2.07 bits per heavy atom. The molecule has 2 heterocycles. The number of sulfonamides is 1. The first kappa shape index (κ1) is 22.9. The van der Waals surface area contributed by atoms with Crippen molar-refractivity contribution in [3.05, 3.63) is 23.3 Å². The summed E-state index contributed by atoms with van der Waals surface area (Å²) in [6.07, 6.45) is 2.73. The summed E-state index contributed by atoms with van der Waals surface area (Å²) in [5.74, 6) is 0.232. The first-order valence-corrected chi connectivity index (χ1v) is 11.0. The molecule has 1 amide bonds. The van der Waals surface area contributed by atoms with Gasteiger partial charge in [-0.1, -0.05) is 6.92 Å². The normalized spacial score (nSPS) is 21.9. The number of nitrogens with zero attached hydrogens (tertiary/aromatic N) is 2. The standard InChI is InChI=1S/C19H29N3O4S.ClH/c1-5-22-8-6-7-15(22)12-20-19(23)17-11-16(27(24,25)21(3)4)10-14-9-13(2)26-18(14)17;/h10-11,13,15H,5-9,12H2,1-4H3,(H,20,23);1H. The summed E-state index contributed by atoms with van der Waals surface area (Å²) >= 11 is 0. The molecule has 1 fully saturated rings. The van der Waals surface area contributed by atoms with Gasteiger partial charge in [0.15, 0.2) is 0 Å². The maximum Gasteiger partial charge on any atom is 0.255 e. The van der Waals surface area contributed by atoms with E-state index in [-0.39, 0.29) is 29.3 Å². The zero-order valence-electron chi connectivity index (χ0n) is 16.9. The van der Waals surface area contributed by atoms with Crippen LogP contribution in [-0.4, -0.2) is 69.4 Å². The number of fused-ring (bicyclic) bond motifs is 1. The fourth-order valence-electron chi connectivity index (χ4n) is 3.88. The average molecular weight is 432 g/mol. The van der Waals surface area contributed by atoms with E-state index in [1.54, 1.807) is 6.07 Å². The minimum atomic E-state index is -3.63. The van der Waals surface area contributed by atoms with Gasteiger partial charge in [0.25, 0.3) is 5.91 Å². The highest BCUT2D eigenvalue weighted by Gasteiger charge is 2.30. The molecule has 0 aliphatic carbocycles. The van der Waals surface area contributed by atoms with Gasteiger partial charge in [0.1, 0.15) is 11.9 Å². The van der Waals surface area contributed by atoms with Crippen molar-refractivity contribution < 1.29 is 17.9 Å². The maximum atomic E-state index is 12.9. The molecule has 1 aromatic carbocycles. The Morgan fingerprint density at radius 3 is 2.71 bits per heavy atom. The number of hydrogen-bond donors (Lipinski definition) is 1. The molecule has 1 aromatic rings. The molecule has 0 saturated carbocycles. The minimum Gasteiger partial charge on any atom is -0.489 e. The molecule has 1 N–H and O–H groups in total. The Balaban J connectivity index is 0.00000280. The van der Waals surface area contributed by atoms with Gasteiger partial charge in [-0.25, -0.2) is 12.7 Å². The van der Waals surface area contributed by atoms with Gasteiger partial charge in [0.05, 0.1) is 10.5 Å². The van der Waals surface area contributed by atoms with E-state index in [0.717, 1.165) is 35.8 Å². The number of ether oxygens (including phenoxy) is 1. The number of rotatable bonds is 6. The number of benzene rings is 1. The third-order valence-corrected chi connectivity index (χ3v) is 7.19. The van der Waals surface area contributed by atoms with E-state index in [1.807, 2.05) is 6.92 Å². The van der Waals surface area contributed by atoms with Crippen LogP contribution in [0.5, 0.6) is 5.75 Å². The second-order valence-corrected chi connectivity index (χ2v) is 9.67. The van der Waals surface area contributed by atoms with Crippen molar-refractivity contribution in [1.82, 2.24) is 14.5 Å². The fourth-order valence-corrected chi connectivity index (χ4v) is 4.86. The van der Waals surface area contributed by atoms with E-state index in [1.165, 1.54) is 20.2 Å². The van der Waals surface area contributed by atoms with Crippen molar-refractivity contribution in [3.8, 4) is 5.75 Å². The highest BCUT2D eigenvalue weighted by molar-refractivity contribution is 7.89. The first-order valence-electron chi connectivity index (χ1n) is 9.52. The molecule has 9 heteroatoms. The summed E-state index contributed by atoms with van der Waals surface area (Å²) in [6.45, 7) is 6.62. The van der Waals surface area contributed by atoms with E-state index < -0.39 is 10.0 Å². The van der Waals surface area contributed by atoms with E-state index in [2.05, 4.69) is 17.1 Å². The van der Waals surface area contributed by atoms with Crippen molar-refractivity contribution >= 4 is 28.3 Å². The second kappa shape index (κ2) is 8.98. The Kier molecular flexibility index (Phi) is 7.36. The summed E-state index contributed by atoms with van der Waals surface area (Å²) in [7, 11) is -0.652. The lowest BCUT2D eigenvalue weighted by Crippen LogP contribution is -2.40. The summed E-state index contributed by atoms with van der Waals surface area (Å²) in [4.78, 5) is 15.4. The Hall–Kier alpha value is -1.35. The number of halogens is 1.